The molecule has 0 spiro atoms. The summed E-state index contributed by atoms with van der Waals surface area (Å²) in [5.74, 6) is 0. The zero-order valence-electron chi connectivity index (χ0n) is 15.8. The van der Waals surface area contributed by atoms with E-state index in [9.17, 15) is 0 Å². The first-order chi connectivity index (χ1) is 10.4. The minimum Gasteiger partial charge on any atom is -0.358 e. The zero-order valence-corrected chi connectivity index (χ0v) is 18.1. The Hall–Kier alpha value is -1.01. The van der Waals surface area contributed by atoms with Crippen LogP contribution in [0.15, 0.2) is 48.8 Å². The Bertz CT molecular complexity index is 352. The van der Waals surface area contributed by atoms with Crippen molar-refractivity contribution in [3.8, 4) is 0 Å². The Labute approximate surface area is 166 Å². The van der Waals surface area contributed by atoms with Crippen LogP contribution in [0.25, 0.3) is 0 Å². The topological polar surface area (TPSA) is 25.8 Å². The molecule has 0 N–H and O–H groups in total. The second kappa shape index (κ2) is 29.9. The van der Waals surface area contributed by atoms with Crippen LogP contribution >= 0.6 is 0 Å². The first kappa shape index (κ1) is 34.3. The third-order valence-corrected chi connectivity index (χ3v) is 2.16. The molecule has 2 rings (SSSR count). The van der Waals surface area contributed by atoms with Gasteiger partial charge < -0.3 is 13.8 Å². The van der Waals surface area contributed by atoms with Crippen LogP contribution in [0.3, 0.4) is 0 Å². The summed E-state index contributed by atoms with van der Waals surface area (Å²) in [6.45, 7) is 12.0. The molecule has 0 radical (unpaired) electrons. The van der Waals surface area contributed by atoms with Gasteiger partial charge in [0.05, 0.1) is 0 Å². The standard InChI is InChI=1S/C13H13N2.3C2H6.CH4.CH3.Pt/c1-3-10-14-12(6-1)8-5-9-13-7-2-4-11-15-13;3*1-2;;;/h1-7,10-11H,8-9H2;3*1-2H3;1H4;1H3;/q-1;;;;;-1;+2. The quantitative estimate of drug-likeness (QED) is 0.429. The van der Waals surface area contributed by atoms with E-state index in [1.54, 1.807) is 0 Å². The van der Waals surface area contributed by atoms with E-state index in [1.165, 1.54) is 0 Å². The maximum absolute atomic E-state index is 4.26. The Morgan fingerprint density at radius 1 is 0.708 bits per heavy atom. The molecule has 3 heteroatoms. The van der Waals surface area contributed by atoms with Crippen molar-refractivity contribution in [1.29, 1.82) is 0 Å². The molecule has 2 aromatic heterocycles. The summed E-state index contributed by atoms with van der Waals surface area (Å²) in [6.07, 6.45) is 7.65. The van der Waals surface area contributed by atoms with Crippen molar-refractivity contribution in [2.75, 3.05) is 0 Å². The molecule has 0 fully saturated rings. The molecule has 24 heavy (non-hydrogen) atoms. The number of rotatable bonds is 4. The van der Waals surface area contributed by atoms with E-state index < -0.39 is 0 Å². The average molecular weight is 514 g/mol. The van der Waals surface area contributed by atoms with E-state index in [4.69, 9.17) is 0 Å². The Morgan fingerprint density at radius 2 is 1.04 bits per heavy atom. The van der Waals surface area contributed by atoms with Crippen LogP contribution in [0.2, 0.25) is 0 Å². The van der Waals surface area contributed by atoms with E-state index in [-0.39, 0.29) is 35.9 Å². The van der Waals surface area contributed by atoms with Crippen molar-refractivity contribution in [3.63, 3.8) is 0 Å². The molecular weight excluding hydrogens is 475 g/mol. The molecule has 0 aromatic carbocycles. The van der Waals surface area contributed by atoms with Crippen LogP contribution in [0, 0.1) is 13.8 Å². The first-order valence-electron chi connectivity index (χ1n) is 8.06. The normalized spacial score (nSPS) is 7.08. The molecule has 2 aromatic rings. The number of aromatic nitrogens is 2. The fourth-order valence-corrected chi connectivity index (χ4v) is 1.41. The van der Waals surface area contributed by atoms with E-state index in [1.807, 2.05) is 90.3 Å². The fourth-order valence-electron chi connectivity index (χ4n) is 1.41. The summed E-state index contributed by atoms with van der Waals surface area (Å²) in [7, 11) is 0. The van der Waals surface area contributed by atoms with Gasteiger partial charge in [-0.15, -0.1) is 12.8 Å². The number of hydrogen-bond acceptors (Lipinski definition) is 2. The Balaban J connectivity index is -0.000000121. The SMILES string of the molecule is C.CC.CC.CC.[CH3-].[Pt+2].c1ccc(C[CH-]Cc2ccccn2)nc1. The van der Waals surface area contributed by atoms with Crippen LogP contribution in [0.5, 0.6) is 0 Å². The Kier molecular flexibility index (Phi) is 42.8. The molecule has 0 unspecified atom stereocenters. The van der Waals surface area contributed by atoms with Gasteiger partial charge in [0.2, 0.25) is 0 Å². The van der Waals surface area contributed by atoms with E-state index >= 15 is 0 Å². The van der Waals surface area contributed by atoms with Crippen LogP contribution in [0.1, 0.15) is 60.4 Å². The zero-order chi connectivity index (χ0) is 16.3. The Morgan fingerprint density at radius 3 is 1.29 bits per heavy atom. The number of pyridine rings is 2. The van der Waals surface area contributed by atoms with Gasteiger partial charge >= 0.3 is 21.1 Å². The van der Waals surface area contributed by atoms with E-state index in [0.717, 1.165) is 24.2 Å². The second-order valence-corrected chi connectivity index (χ2v) is 3.34. The molecule has 2 heterocycles. The summed E-state index contributed by atoms with van der Waals surface area (Å²) in [5.41, 5.74) is 2.21. The molecule has 142 valence electrons. The summed E-state index contributed by atoms with van der Waals surface area (Å²) in [5, 5.41) is 0. The van der Waals surface area contributed by atoms with Gasteiger partial charge in [0.15, 0.2) is 0 Å². The minimum atomic E-state index is 0. The molecule has 0 aliphatic rings. The summed E-state index contributed by atoms with van der Waals surface area (Å²) in [6, 6.07) is 12.0. The van der Waals surface area contributed by atoms with Gasteiger partial charge in [-0.25, -0.2) is 0 Å². The smallest absolute Gasteiger partial charge is 0.358 e. The van der Waals surface area contributed by atoms with Gasteiger partial charge in [0, 0.05) is 23.8 Å². The predicted molar refractivity (Wildman–Crippen MR) is 107 cm³/mol. The van der Waals surface area contributed by atoms with Crippen LogP contribution in [-0.2, 0) is 33.9 Å². The molecular formula is C21H38N2Pt. The summed E-state index contributed by atoms with van der Waals surface area (Å²) < 4.78 is 0. The molecule has 0 aliphatic heterocycles. The molecule has 0 atom stereocenters. The first-order valence-corrected chi connectivity index (χ1v) is 8.06. The molecule has 0 bridgehead atoms. The third-order valence-electron chi connectivity index (χ3n) is 2.16. The third kappa shape index (κ3) is 19.0. The molecule has 2 nitrogen and oxygen atoms in total. The second-order valence-electron chi connectivity index (χ2n) is 3.34. The maximum Gasteiger partial charge on any atom is 2.00 e. The van der Waals surface area contributed by atoms with Crippen molar-refractivity contribution in [2.45, 2.75) is 61.8 Å². The average Bonchev–Trinajstić information content (AvgIpc) is 2.62. The van der Waals surface area contributed by atoms with Gasteiger partial charge in [0.25, 0.3) is 0 Å². The van der Waals surface area contributed by atoms with Crippen molar-refractivity contribution >= 4 is 0 Å². The van der Waals surface area contributed by atoms with Gasteiger partial charge in [-0.3, -0.25) is 9.97 Å². The van der Waals surface area contributed by atoms with Gasteiger partial charge in [-0.1, -0.05) is 61.1 Å². The maximum atomic E-state index is 4.26. The van der Waals surface area contributed by atoms with Crippen LogP contribution in [0.4, 0.5) is 0 Å². The van der Waals surface area contributed by atoms with E-state index in [2.05, 4.69) is 16.4 Å². The predicted octanol–water partition coefficient (Wildman–Crippen LogP) is 6.63. The fraction of sp³-hybridized carbons (Fsp3) is 0.429. The number of nitrogens with zero attached hydrogens (tertiary/aromatic N) is 2. The molecule has 0 amide bonds. The van der Waals surface area contributed by atoms with Crippen molar-refractivity contribution in [1.82, 2.24) is 9.97 Å². The van der Waals surface area contributed by atoms with Crippen molar-refractivity contribution in [2.24, 2.45) is 0 Å². The summed E-state index contributed by atoms with van der Waals surface area (Å²) >= 11 is 0. The van der Waals surface area contributed by atoms with Crippen molar-refractivity contribution < 1.29 is 21.1 Å². The van der Waals surface area contributed by atoms with Crippen LogP contribution < -0.4 is 0 Å². The van der Waals surface area contributed by atoms with Gasteiger partial charge in [-0.2, -0.15) is 0 Å². The van der Waals surface area contributed by atoms with Crippen molar-refractivity contribution in [3.05, 3.63) is 74.0 Å². The molecule has 0 saturated carbocycles. The monoisotopic (exact) mass is 513 g/mol. The minimum absolute atomic E-state index is 0. The summed E-state index contributed by atoms with van der Waals surface area (Å²) in [4.78, 5) is 8.52. The van der Waals surface area contributed by atoms with Crippen LogP contribution in [-0.4, -0.2) is 9.97 Å². The largest absolute Gasteiger partial charge is 2.00 e. The molecule has 0 aliphatic carbocycles. The van der Waals surface area contributed by atoms with E-state index in [0.29, 0.717) is 0 Å². The number of hydrogen-bond donors (Lipinski definition) is 0. The van der Waals surface area contributed by atoms with Gasteiger partial charge in [0.1, 0.15) is 0 Å². The molecule has 0 saturated heterocycles. The van der Waals surface area contributed by atoms with Gasteiger partial charge in [-0.05, 0) is 24.3 Å².